The van der Waals surface area contributed by atoms with E-state index >= 15 is 0 Å². The Labute approximate surface area is 83.4 Å². The third-order valence-electron chi connectivity index (χ3n) is 1.21. The number of amides is 1. The van der Waals surface area contributed by atoms with E-state index in [2.05, 4.69) is 10.1 Å². The SMILES string of the molecule is CC(C)N(N=[N+]=[N-])C(=O)OC(C)(C)C. The van der Waals surface area contributed by atoms with E-state index in [0.29, 0.717) is 0 Å². The molecule has 6 heteroatoms. The van der Waals surface area contributed by atoms with Gasteiger partial charge in [-0.3, -0.25) is 0 Å². The van der Waals surface area contributed by atoms with Crippen molar-refractivity contribution in [3.05, 3.63) is 10.4 Å². The number of hydrogen-bond acceptors (Lipinski definition) is 3. The second-order valence-electron chi connectivity index (χ2n) is 4.10. The summed E-state index contributed by atoms with van der Waals surface area (Å²) in [5.41, 5.74) is 7.65. The topological polar surface area (TPSA) is 78.3 Å². The standard InChI is InChI=1S/C8H16N4O2/c1-6(2)12(11-10-9)7(13)14-8(3,4)5/h6H,1-5H3. The van der Waals surface area contributed by atoms with Crippen molar-refractivity contribution in [3.63, 3.8) is 0 Å². The zero-order chi connectivity index (χ0) is 11.4. The van der Waals surface area contributed by atoms with Gasteiger partial charge in [0.1, 0.15) is 11.6 Å². The molecule has 14 heavy (non-hydrogen) atoms. The van der Waals surface area contributed by atoms with Crippen LogP contribution in [0.3, 0.4) is 0 Å². The lowest BCUT2D eigenvalue weighted by atomic mass is 10.2. The maximum absolute atomic E-state index is 11.4. The zero-order valence-corrected chi connectivity index (χ0v) is 9.18. The second-order valence-corrected chi connectivity index (χ2v) is 4.10. The average molecular weight is 200 g/mol. The summed E-state index contributed by atoms with van der Waals surface area (Å²) in [6.07, 6.45) is -0.634. The first kappa shape index (κ1) is 12.6. The van der Waals surface area contributed by atoms with Crippen molar-refractivity contribution in [2.45, 2.75) is 46.3 Å². The number of azide groups is 1. The number of hydrogen-bond donors (Lipinski definition) is 0. The summed E-state index contributed by atoms with van der Waals surface area (Å²) in [6.45, 7) is 8.72. The minimum Gasteiger partial charge on any atom is -0.425 e. The first-order valence-corrected chi connectivity index (χ1v) is 4.35. The quantitative estimate of drug-likeness (QED) is 0.297. The zero-order valence-electron chi connectivity index (χ0n) is 9.18. The largest absolute Gasteiger partial charge is 0.511 e. The fourth-order valence-corrected chi connectivity index (χ4v) is 0.702. The molecule has 0 aromatic carbocycles. The first-order chi connectivity index (χ1) is 6.28. The van der Waals surface area contributed by atoms with E-state index < -0.39 is 11.7 Å². The highest BCUT2D eigenvalue weighted by atomic mass is 16.6. The minimum atomic E-state index is -0.634. The van der Waals surface area contributed by atoms with Crippen molar-refractivity contribution >= 4 is 6.09 Å². The predicted octanol–water partition coefficient (Wildman–Crippen LogP) is 2.86. The van der Waals surface area contributed by atoms with Crippen LogP contribution in [-0.2, 0) is 4.74 Å². The van der Waals surface area contributed by atoms with Crippen LogP contribution in [0.1, 0.15) is 34.6 Å². The molecule has 0 aromatic heterocycles. The van der Waals surface area contributed by atoms with E-state index in [0.717, 1.165) is 5.01 Å². The van der Waals surface area contributed by atoms with Crippen LogP contribution in [-0.4, -0.2) is 22.7 Å². The second kappa shape index (κ2) is 4.72. The normalized spacial score (nSPS) is 10.7. The van der Waals surface area contributed by atoms with Crippen LogP contribution < -0.4 is 0 Å². The third-order valence-corrected chi connectivity index (χ3v) is 1.21. The molecule has 0 spiro atoms. The molecule has 1 amide bonds. The molecule has 0 fully saturated rings. The smallest absolute Gasteiger partial charge is 0.425 e. The molecule has 0 unspecified atom stereocenters. The summed E-state index contributed by atoms with van der Waals surface area (Å²) in [6, 6.07) is -0.222. The van der Waals surface area contributed by atoms with Gasteiger partial charge < -0.3 is 4.74 Å². The summed E-state index contributed by atoms with van der Waals surface area (Å²) in [5, 5.41) is 4.21. The maximum Gasteiger partial charge on any atom is 0.511 e. The van der Waals surface area contributed by atoms with Crippen LogP contribution in [0, 0.1) is 0 Å². The average Bonchev–Trinajstić information content (AvgIpc) is 1.95. The molecule has 0 heterocycles. The van der Waals surface area contributed by atoms with Gasteiger partial charge in [0.15, 0.2) is 0 Å². The number of ether oxygens (including phenoxy) is 1. The summed E-state index contributed by atoms with van der Waals surface area (Å²) in [7, 11) is 0. The summed E-state index contributed by atoms with van der Waals surface area (Å²) >= 11 is 0. The minimum absolute atomic E-state index is 0.222. The van der Waals surface area contributed by atoms with Crippen molar-refractivity contribution in [2.24, 2.45) is 5.22 Å². The lowest BCUT2D eigenvalue weighted by Gasteiger charge is -2.22. The van der Waals surface area contributed by atoms with E-state index in [-0.39, 0.29) is 6.04 Å². The lowest BCUT2D eigenvalue weighted by molar-refractivity contribution is 0.0191. The molecule has 80 valence electrons. The van der Waals surface area contributed by atoms with Gasteiger partial charge in [0.25, 0.3) is 0 Å². The van der Waals surface area contributed by atoms with E-state index in [4.69, 9.17) is 10.3 Å². The summed E-state index contributed by atoms with van der Waals surface area (Å²) in [5.74, 6) is 0. The molecule has 0 atom stereocenters. The fourth-order valence-electron chi connectivity index (χ4n) is 0.702. The summed E-state index contributed by atoms with van der Waals surface area (Å²) in [4.78, 5) is 14.0. The monoisotopic (exact) mass is 200 g/mol. The Hall–Kier alpha value is -1.42. The van der Waals surface area contributed by atoms with Gasteiger partial charge in [-0.1, -0.05) is 0 Å². The van der Waals surface area contributed by atoms with Crippen LogP contribution in [0.5, 0.6) is 0 Å². The Balaban J connectivity index is 4.54. The summed E-state index contributed by atoms with van der Waals surface area (Å²) < 4.78 is 5.04. The molecule has 6 nitrogen and oxygen atoms in total. The van der Waals surface area contributed by atoms with E-state index in [1.807, 2.05) is 0 Å². The first-order valence-electron chi connectivity index (χ1n) is 4.35. The molecule has 0 aromatic rings. The van der Waals surface area contributed by atoms with Crippen molar-refractivity contribution in [2.75, 3.05) is 0 Å². The Morgan fingerprint density at radius 1 is 1.50 bits per heavy atom. The molecule has 0 saturated carbocycles. The van der Waals surface area contributed by atoms with E-state index in [9.17, 15) is 4.79 Å². The number of rotatable bonds is 2. The van der Waals surface area contributed by atoms with Crippen LogP contribution in [0.2, 0.25) is 0 Å². The van der Waals surface area contributed by atoms with Gasteiger partial charge in [0.2, 0.25) is 0 Å². The van der Waals surface area contributed by atoms with Crippen LogP contribution in [0.4, 0.5) is 4.79 Å². The van der Waals surface area contributed by atoms with Gasteiger partial charge in [0.05, 0.1) is 0 Å². The van der Waals surface area contributed by atoms with E-state index in [1.165, 1.54) is 0 Å². The van der Waals surface area contributed by atoms with Gasteiger partial charge in [-0.2, -0.15) is 9.71 Å². The molecule has 0 radical (unpaired) electrons. The van der Waals surface area contributed by atoms with Crippen LogP contribution in [0.25, 0.3) is 10.4 Å². The Morgan fingerprint density at radius 3 is 2.29 bits per heavy atom. The van der Waals surface area contributed by atoms with E-state index in [1.54, 1.807) is 34.6 Å². The molecular formula is C8H16N4O2. The molecule has 0 aliphatic heterocycles. The van der Waals surface area contributed by atoms with Gasteiger partial charge in [-0.05, 0) is 39.8 Å². The Bertz CT molecular complexity index is 251. The third kappa shape index (κ3) is 4.57. The Kier molecular flexibility index (Phi) is 4.24. The maximum atomic E-state index is 11.4. The molecule has 0 saturated heterocycles. The highest BCUT2D eigenvalue weighted by Gasteiger charge is 2.27. The van der Waals surface area contributed by atoms with Crippen LogP contribution in [0.15, 0.2) is 5.22 Å². The molecule has 0 bridgehead atoms. The van der Waals surface area contributed by atoms with Gasteiger partial charge in [-0.15, -0.1) is 10.5 Å². The highest BCUT2D eigenvalue weighted by molar-refractivity contribution is 5.67. The van der Waals surface area contributed by atoms with Crippen LogP contribution >= 0.6 is 0 Å². The number of carbonyl (C=O) groups excluding carboxylic acids is 1. The van der Waals surface area contributed by atoms with Gasteiger partial charge in [0, 0.05) is 0 Å². The van der Waals surface area contributed by atoms with Gasteiger partial charge in [-0.25, -0.2) is 0 Å². The van der Waals surface area contributed by atoms with Crippen molar-refractivity contribution < 1.29 is 9.53 Å². The van der Waals surface area contributed by atoms with Crippen molar-refractivity contribution in [1.82, 2.24) is 5.01 Å². The molecule has 0 aliphatic carbocycles. The van der Waals surface area contributed by atoms with Gasteiger partial charge >= 0.3 is 6.09 Å². The molecule has 0 N–H and O–H groups in total. The van der Waals surface area contributed by atoms with Crippen molar-refractivity contribution in [1.29, 1.82) is 0 Å². The fraction of sp³-hybridized carbons (Fsp3) is 0.875. The lowest BCUT2D eigenvalue weighted by Crippen LogP contribution is -2.37. The molecule has 0 rings (SSSR count). The molecular weight excluding hydrogens is 184 g/mol. The highest BCUT2D eigenvalue weighted by Crippen LogP contribution is 2.12. The number of nitrogens with zero attached hydrogens (tertiary/aromatic N) is 4. The molecule has 0 aliphatic rings. The van der Waals surface area contributed by atoms with Crippen molar-refractivity contribution in [3.8, 4) is 0 Å². The number of carbonyl (C=O) groups is 1. The Morgan fingerprint density at radius 2 is 2.00 bits per heavy atom. The predicted molar refractivity (Wildman–Crippen MR) is 52.4 cm³/mol.